The number of carbonyl (C=O) groups is 1. The molecule has 1 rings (SSSR count). The van der Waals surface area contributed by atoms with Gasteiger partial charge >= 0.3 is 4.87 Å². The summed E-state index contributed by atoms with van der Waals surface area (Å²) in [7, 11) is -3.88. The van der Waals surface area contributed by atoms with Crippen LogP contribution in [0, 0.1) is 12.8 Å². The molecule has 0 spiro atoms. The van der Waals surface area contributed by atoms with E-state index < -0.39 is 26.8 Å². The number of H-pyrrole nitrogens is 1. The quantitative estimate of drug-likeness (QED) is 0.694. The zero-order chi connectivity index (χ0) is 15.5. The number of hydrogen-bond donors (Lipinski definition) is 3. The molecule has 0 aliphatic rings. The summed E-state index contributed by atoms with van der Waals surface area (Å²) in [5.41, 5.74) is 0.266. The van der Waals surface area contributed by atoms with Crippen LogP contribution in [0.1, 0.15) is 26.5 Å². The molecule has 0 aliphatic carbocycles. The van der Waals surface area contributed by atoms with E-state index in [2.05, 4.69) is 15.0 Å². The molecule has 20 heavy (non-hydrogen) atoms. The zero-order valence-electron chi connectivity index (χ0n) is 11.8. The van der Waals surface area contributed by atoms with Gasteiger partial charge in [0.05, 0.1) is 6.04 Å². The fourth-order valence-corrected chi connectivity index (χ4v) is 3.96. The highest BCUT2D eigenvalue weighted by atomic mass is 32.2. The molecule has 1 aromatic rings. The summed E-state index contributed by atoms with van der Waals surface area (Å²) >= 11 is 0.600. The average Bonchev–Trinajstić information content (AvgIpc) is 2.65. The molecular weight excluding hydrogens is 302 g/mol. The SMILES string of the molecule is Cc1[nH]c(=O)sc1S(=O)(=O)NC(C)C(=O)NCC(C)C. The number of aromatic nitrogens is 1. The van der Waals surface area contributed by atoms with Gasteiger partial charge in [-0.1, -0.05) is 25.2 Å². The number of rotatable bonds is 6. The van der Waals surface area contributed by atoms with Crippen LogP contribution in [0.3, 0.4) is 0 Å². The first-order chi connectivity index (χ1) is 9.13. The Hall–Kier alpha value is -1.19. The van der Waals surface area contributed by atoms with Crippen LogP contribution in [0.25, 0.3) is 0 Å². The molecule has 0 fully saturated rings. The standard InChI is InChI=1S/C11H19N3O4S2/c1-6(2)5-12-9(15)7(3)14-20(17,18)10-8(4)13-11(16)19-10/h6-7,14H,5H2,1-4H3,(H,12,15)(H,13,16). The summed E-state index contributed by atoms with van der Waals surface area (Å²) < 4.78 is 26.3. The second-order valence-corrected chi connectivity index (χ2v) is 7.80. The average molecular weight is 321 g/mol. The van der Waals surface area contributed by atoms with E-state index in [1.165, 1.54) is 13.8 Å². The molecule has 1 amide bonds. The molecule has 0 aromatic carbocycles. The van der Waals surface area contributed by atoms with Crippen molar-refractivity contribution in [2.45, 2.75) is 37.9 Å². The fraction of sp³-hybridized carbons (Fsp3) is 0.636. The Labute approximate surface area is 121 Å². The number of aryl methyl sites for hydroxylation is 1. The van der Waals surface area contributed by atoms with Gasteiger partial charge in [0, 0.05) is 12.2 Å². The number of nitrogens with one attached hydrogen (secondary N) is 3. The molecule has 114 valence electrons. The predicted octanol–water partition coefficient (Wildman–Crippen LogP) is 0.184. The monoisotopic (exact) mass is 321 g/mol. The Bertz CT molecular complexity index is 630. The van der Waals surface area contributed by atoms with Crippen molar-refractivity contribution in [2.75, 3.05) is 6.54 Å². The lowest BCUT2D eigenvalue weighted by molar-refractivity contribution is -0.122. The second-order valence-electron chi connectivity index (χ2n) is 4.91. The van der Waals surface area contributed by atoms with Gasteiger partial charge in [-0.3, -0.25) is 9.59 Å². The molecule has 1 aromatic heterocycles. The van der Waals surface area contributed by atoms with Gasteiger partial charge in [-0.2, -0.15) is 4.72 Å². The highest BCUT2D eigenvalue weighted by molar-refractivity contribution is 7.91. The number of sulfonamides is 1. The Balaban J connectivity index is 2.78. The van der Waals surface area contributed by atoms with Gasteiger partial charge in [-0.25, -0.2) is 8.42 Å². The van der Waals surface area contributed by atoms with E-state index in [0.29, 0.717) is 17.9 Å². The van der Waals surface area contributed by atoms with Crippen molar-refractivity contribution in [3.63, 3.8) is 0 Å². The summed E-state index contributed by atoms with van der Waals surface area (Å²) in [5, 5.41) is 2.64. The maximum Gasteiger partial charge on any atom is 0.305 e. The third kappa shape index (κ3) is 4.43. The number of hydrogen-bond acceptors (Lipinski definition) is 5. The molecule has 1 atom stereocenters. The summed E-state index contributed by atoms with van der Waals surface area (Å²) in [6.07, 6.45) is 0. The molecule has 9 heteroatoms. The van der Waals surface area contributed by atoms with Crippen molar-refractivity contribution in [3.05, 3.63) is 15.4 Å². The smallest absolute Gasteiger partial charge is 0.305 e. The first-order valence-corrected chi connectivity index (χ1v) is 8.43. The van der Waals surface area contributed by atoms with E-state index in [9.17, 15) is 18.0 Å². The van der Waals surface area contributed by atoms with E-state index in [4.69, 9.17) is 0 Å². The van der Waals surface area contributed by atoms with E-state index in [1.807, 2.05) is 13.8 Å². The molecular formula is C11H19N3O4S2. The summed E-state index contributed by atoms with van der Waals surface area (Å²) in [5.74, 6) is -0.122. The third-order valence-corrected chi connectivity index (χ3v) is 5.58. The van der Waals surface area contributed by atoms with Crippen LogP contribution in [-0.4, -0.2) is 31.9 Å². The molecule has 3 N–H and O–H groups in total. The van der Waals surface area contributed by atoms with E-state index in [1.54, 1.807) is 0 Å². The first kappa shape index (κ1) is 16.9. The van der Waals surface area contributed by atoms with Crippen LogP contribution in [0.15, 0.2) is 9.00 Å². The van der Waals surface area contributed by atoms with Gasteiger partial charge < -0.3 is 10.3 Å². The normalized spacial score (nSPS) is 13.4. The Morgan fingerprint density at radius 3 is 2.40 bits per heavy atom. The van der Waals surface area contributed by atoms with Crippen molar-refractivity contribution in [1.29, 1.82) is 0 Å². The Morgan fingerprint density at radius 2 is 1.95 bits per heavy atom. The van der Waals surface area contributed by atoms with E-state index in [-0.39, 0.29) is 15.8 Å². The number of carbonyl (C=O) groups excluding carboxylic acids is 1. The van der Waals surface area contributed by atoms with Crippen molar-refractivity contribution < 1.29 is 13.2 Å². The van der Waals surface area contributed by atoms with Crippen molar-refractivity contribution in [2.24, 2.45) is 5.92 Å². The fourth-order valence-electron chi connectivity index (χ4n) is 1.44. The minimum absolute atomic E-state index is 0.0917. The topological polar surface area (TPSA) is 108 Å². The van der Waals surface area contributed by atoms with Crippen LogP contribution in [0.5, 0.6) is 0 Å². The van der Waals surface area contributed by atoms with Crippen LogP contribution in [0.2, 0.25) is 0 Å². The molecule has 1 heterocycles. The lowest BCUT2D eigenvalue weighted by atomic mass is 10.2. The molecule has 0 aliphatic heterocycles. The van der Waals surface area contributed by atoms with E-state index in [0.717, 1.165) is 0 Å². The molecule has 0 saturated carbocycles. The highest BCUT2D eigenvalue weighted by Crippen LogP contribution is 2.15. The second kappa shape index (κ2) is 6.51. The van der Waals surface area contributed by atoms with Gasteiger partial charge in [0.15, 0.2) is 4.21 Å². The Kier molecular flexibility index (Phi) is 5.49. The molecule has 1 unspecified atom stereocenters. The summed E-state index contributed by atoms with van der Waals surface area (Å²) in [6, 6.07) is -0.907. The van der Waals surface area contributed by atoms with Gasteiger partial charge in [0.2, 0.25) is 5.91 Å². The van der Waals surface area contributed by atoms with Crippen molar-refractivity contribution in [3.8, 4) is 0 Å². The van der Waals surface area contributed by atoms with Crippen LogP contribution in [0.4, 0.5) is 0 Å². The maximum absolute atomic E-state index is 12.1. The summed E-state index contributed by atoms with van der Waals surface area (Å²) in [4.78, 5) is 24.8. The molecule has 0 radical (unpaired) electrons. The predicted molar refractivity (Wildman–Crippen MR) is 77.3 cm³/mol. The molecule has 0 bridgehead atoms. The van der Waals surface area contributed by atoms with Crippen molar-refractivity contribution >= 4 is 27.3 Å². The zero-order valence-corrected chi connectivity index (χ0v) is 13.4. The number of amides is 1. The van der Waals surface area contributed by atoms with E-state index >= 15 is 0 Å². The largest absolute Gasteiger partial charge is 0.354 e. The minimum Gasteiger partial charge on any atom is -0.354 e. The highest BCUT2D eigenvalue weighted by Gasteiger charge is 2.25. The lowest BCUT2D eigenvalue weighted by Crippen LogP contribution is -2.45. The van der Waals surface area contributed by atoms with Crippen LogP contribution in [-0.2, 0) is 14.8 Å². The lowest BCUT2D eigenvalue weighted by Gasteiger charge is -2.14. The number of thiazole rings is 1. The first-order valence-electron chi connectivity index (χ1n) is 6.13. The third-order valence-electron chi connectivity index (χ3n) is 2.43. The summed E-state index contributed by atoms with van der Waals surface area (Å²) in [6.45, 7) is 7.31. The van der Waals surface area contributed by atoms with Gasteiger partial charge in [0.25, 0.3) is 10.0 Å². The van der Waals surface area contributed by atoms with Gasteiger partial charge in [-0.05, 0) is 19.8 Å². The van der Waals surface area contributed by atoms with Crippen molar-refractivity contribution in [1.82, 2.24) is 15.0 Å². The van der Waals surface area contributed by atoms with Crippen LogP contribution >= 0.6 is 11.3 Å². The maximum atomic E-state index is 12.1. The Morgan fingerprint density at radius 1 is 1.35 bits per heavy atom. The molecule has 0 saturated heterocycles. The van der Waals surface area contributed by atoms with Crippen LogP contribution < -0.4 is 14.9 Å². The van der Waals surface area contributed by atoms with Gasteiger partial charge in [0.1, 0.15) is 0 Å². The number of aromatic amines is 1. The van der Waals surface area contributed by atoms with Gasteiger partial charge in [-0.15, -0.1) is 0 Å². The minimum atomic E-state index is -3.88. The molecule has 7 nitrogen and oxygen atoms in total.